The predicted molar refractivity (Wildman–Crippen MR) is 120 cm³/mol. The van der Waals surface area contributed by atoms with Gasteiger partial charge >= 0.3 is 5.97 Å². The highest BCUT2D eigenvalue weighted by Crippen LogP contribution is 2.40. The summed E-state index contributed by atoms with van der Waals surface area (Å²) >= 11 is 5.56. The number of hydrogen-bond donors (Lipinski definition) is 1. The fourth-order valence-electron chi connectivity index (χ4n) is 4.20. The molecule has 3 aromatic rings. The van der Waals surface area contributed by atoms with Crippen molar-refractivity contribution in [3.63, 3.8) is 0 Å². The normalized spacial score (nSPS) is 18.4. The van der Waals surface area contributed by atoms with E-state index in [-0.39, 0.29) is 18.1 Å². The standard InChI is InChI=1S/C23H24N4O2S/c1-14-13-18(15(2)27(14)17-10-8-16(9-11-17)22(28)29-4)21-20(25-23(30)26(21)3)19-7-5-6-12-24-19/h5-13,20-21H,1-4H3,(H,25,30)/t20-,21+/m0/s1. The molecule has 30 heavy (non-hydrogen) atoms. The number of benzene rings is 1. The van der Waals surface area contributed by atoms with Crippen LogP contribution in [-0.4, -0.2) is 39.7 Å². The average molecular weight is 421 g/mol. The van der Waals surface area contributed by atoms with Crippen LogP contribution in [0, 0.1) is 13.8 Å². The van der Waals surface area contributed by atoms with Crippen LogP contribution < -0.4 is 5.32 Å². The lowest BCUT2D eigenvalue weighted by Crippen LogP contribution is -2.25. The molecule has 1 aromatic carbocycles. The minimum atomic E-state index is -0.339. The summed E-state index contributed by atoms with van der Waals surface area (Å²) in [5, 5.41) is 4.14. The van der Waals surface area contributed by atoms with Crippen molar-refractivity contribution in [3.8, 4) is 5.69 Å². The van der Waals surface area contributed by atoms with E-state index in [1.807, 2.05) is 43.6 Å². The molecule has 2 aromatic heterocycles. The Labute approximate surface area is 181 Å². The molecule has 0 saturated carbocycles. The van der Waals surface area contributed by atoms with E-state index in [0.717, 1.165) is 22.8 Å². The molecule has 0 spiro atoms. The second-order valence-corrected chi connectivity index (χ2v) is 7.82. The molecule has 2 atom stereocenters. The number of nitrogens with zero attached hydrogens (tertiary/aromatic N) is 3. The summed E-state index contributed by atoms with van der Waals surface area (Å²) in [5.74, 6) is -0.339. The Morgan fingerprint density at radius 1 is 1.17 bits per heavy atom. The van der Waals surface area contributed by atoms with Gasteiger partial charge in [0.1, 0.15) is 0 Å². The van der Waals surface area contributed by atoms with Crippen molar-refractivity contribution < 1.29 is 9.53 Å². The molecular formula is C23H24N4O2S. The number of carbonyl (C=O) groups is 1. The lowest BCUT2D eigenvalue weighted by molar-refractivity contribution is 0.0600. The first-order chi connectivity index (χ1) is 14.4. The van der Waals surface area contributed by atoms with Gasteiger partial charge in [-0.15, -0.1) is 0 Å². The van der Waals surface area contributed by atoms with Crippen molar-refractivity contribution in [2.75, 3.05) is 14.2 Å². The predicted octanol–water partition coefficient (Wildman–Crippen LogP) is 3.88. The van der Waals surface area contributed by atoms with Crippen molar-refractivity contribution in [1.29, 1.82) is 0 Å². The highest BCUT2D eigenvalue weighted by molar-refractivity contribution is 7.80. The van der Waals surface area contributed by atoms with E-state index in [2.05, 4.69) is 39.7 Å². The third kappa shape index (κ3) is 3.35. The smallest absolute Gasteiger partial charge is 0.337 e. The number of likely N-dealkylation sites (N-methyl/N-ethyl adjacent to an activating group) is 1. The highest BCUT2D eigenvalue weighted by atomic mass is 32.1. The maximum atomic E-state index is 11.8. The summed E-state index contributed by atoms with van der Waals surface area (Å²) in [4.78, 5) is 18.4. The van der Waals surface area contributed by atoms with E-state index < -0.39 is 0 Å². The Kier molecular flexibility index (Phi) is 5.30. The molecular weight excluding hydrogens is 396 g/mol. The van der Waals surface area contributed by atoms with E-state index >= 15 is 0 Å². The number of methoxy groups -OCH3 is 1. The third-order valence-electron chi connectivity index (χ3n) is 5.67. The number of nitrogens with one attached hydrogen (secondary N) is 1. The van der Waals surface area contributed by atoms with Gasteiger partial charge in [-0.1, -0.05) is 6.07 Å². The Bertz CT molecular complexity index is 1090. The summed E-state index contributed by atoms with van der Waals surface area (Å²) < 4.78 is 7.00. The molecule has 0 bridgehead atoms. The van der Waals surface area contributed by atoms with Crippen molar-refractivity contribution in [2.24, 2.45) is 0 Å². The van der Waals surface area contributed by atoms with Crippen LogP contribution in [0.5, 0.6) is 0 Å². The van der Waals surface area contributed by atoms with Gasteiger partial charge in [0.05, 0.1) is 30.5 Å². The zero-order chi connectivity index (χ0) is 21.4. The molecule has 1 aliphatic rings. The molecule has 3 heterocycles. The fourth-order valence-corrected chi connectivity index (χ4v) is 4.44. The maximum Gasteiger partial charge on any atom is 0.337 e. The molecule has 1 N–H and O–H groups in total. The van der Waals surface area contributed by atoms with Crippen LogP contribution in [0.15, 0.2) is 54.7 Å². The lowest BCUT2D eigenvalue weighted by Gasteiger charge is -2.24. The van der Waals surface area contributed by atoms with Gasteiger partial charge in [0, 0.05) is 30.3 Å². The number of esters is 1. The van der Waals surface area contributed by atoms with Crippen molar-refractivity contribution in [2.45, 2.75) is 25.9 Å². The molecule has 154 valence electrons. The Balaban J connectivity index is 1.75. The third-order valence-corrected chi connectivity index (χ3v) is 6.08. The maximum absolute atomic E-state index is 11.8. The summed E-state index contributed by atoms with van der Waals surface area (Å²) in [7, 11) is 3.40. The fraction of sp³-hybridized carbons (Fsp3) is 0.261. The number of aryl methyl sites for hydroxylation is 1. The van der Waals surface area contributed by atoms with Crippen LogP contribution in [-0.2, 0) is 4.74 Å². The van der Waals surface area contributed by atoms with Crippen molar-refractivity contribution in [3.05, 3.63) is 82.9 Å². The zero-order valence-corrected chi connectivity index (χ0v) is 18.2. The van der Waals surface area contributed by atoms with E-state index in [0.29, 0.717) is 10.7 Å². The molecule has 6 nitrogen and oxygen atoms in total. The molecule has 0 unspecified atom stereocenters. The number of thiocarbonyl (C=S) groups is 1. The van der Waals surface area contributed by atoms with Crippen molar-refractivity contribution in [1.82, 2.24) is 19.8 Å². The van der Waals surface area contributed by atoms with Crippen LogP contribution >= 0.6 is 12.2 Å². The molecule has 0 radical (unpaired) electrons. The number of aromatic nitrogens is 2. The first-order valence-corrected chi connectivity index (χ1v) is 10.1. The second kappa shape index (κ2) is 7.91. The van der Waals surface area contributed by atoms with Gasteiger partial charge in [0.2, 0.25) is 0 Å². The van der Waals surface area contributed by atoms with Crippen LogP contribution in [0.3, 0.4) is 0 Å². The lowest BCUT2D eigenvalue weighted by atomic mass is 9.97. The largest absolute Gasteiger partial charge is 0.465 e. The van der Waals surface area contributed by atoms with E-state index in [4.69, 9.17) is 17.0 Å². The average Bonchev–Trinajstić information content (AvgIpc) is 3.23. The monoisotopic (exact) mass is 420 g/mol. The SMILES string of the molecule is COC(=O)c1ccc(-n2c(C)cc([C@@H]3[C@H](c4ccccn4)NC(=S)N3C)c2C)cc1. The van der Waals surface area contributed by atoms with Crippen molar-refractivity contribution >= 4 is 23.3 Å². The van der Waals surface area contributed by atoms with E-state index in [1.165, 1.54) is 12.7 Å². The summed E-state index contributed by atoms with van der Waals surface area (Å²) in [6, 6.07) is 15.6. The highest BCUT2D eigenvalue weighted by Gasteiger charge is 2.39. The second-order valence-electron chi connectivity index (χ2n) is 7.44. The number of pyridine rings is 1. The Morgan fingerprint density at radius 2 is 1.90 bits per heavy atom. The minimum absolute atomic E-state index is 0.0284. The van der Waals surface area contributed by atoms with Crippen LogP contribution in [0.4, 0.5) is 0 Å². The molecule has 0 aliphatic carbocycles. The van der Waals surface area contributed by atoms with Crippen LogP contribution in [0.2, 0.25) is 0 Å². The first-order valence-electron chi connectivity index (χ1n) is 9.74. The zero-order valence-electron chi connectivity index (χ0n) is 17.4. The molecule has 1 saturated heterocycles. The van der Waals surface area contributed by atoms with Gasteiger partial charge in [-0.2, -0.15) is 0 Å². The van der Waals surface area contributed by atoms with Gasteiger partial charge in [0.25, 0.3) is 0 Å². The Hall–Kier alpha value is -3.19. The Morgan fingerprint density at radius 3 is 2.53 bits per heavy atom. The number of ether oxygens (including phenoxy) is 1. The minimum Gasteiger partial charge on any atom is -0.465 e. The van der Waals surface area contributed by atoms with Gasteiger partial charge < -0.3 is 19.5 Å². The molecule has 7 heteroatoms. The number of hydrogen-bond acceptors (Lipinski definition) is 4. The topological polar surface area (TPSA) is 59.4 Å². The molecule has 1 aliphatic heterocycles. The van der Waals surface area contributed by atoms with E-state index in [1.54, 1.807) is 12.1 Å². The first kappa shape index (κ1) is 20.1. The number of carbonyl (C=O) groups excluding carboxylic acids is 1. The summed E-state index contributed by atoms with van der Waals surface area (Å²) in [5.41, 5.74) is 5.91. The van der Waals surface area contributed by atoms with E-state index in [9.17, 15) is 4.79 Å². The molecule has 0 amide bonds. The summed E-state index contributed by atoms with van der Waals surface area (Å²) in [6.07, 6.45) is 1.81. The molecule has 4 rings (SSSR count). The van der Waals surface area contributed by atoms with Gasteiger partial charge in [-0.3, -0.25) is 4.98 Å². The van der Waals surface area contributed by atoms with Crippen LogP contribution in [0.25, 0.3) is 5.69 Å². The van der Waals surface area contributed by atoms with Gasteiger partial charge in [-0.25, -0.2) is 4.79 Å². The number of rotatable bonds is 4. The molecule has 1 fully saturated rings. The quantitative estimate of drug-likeness (QED) is 0.511. The van der Waals surface area contributed by atoms with Gasteiger partial charge in [0.15, 0.2) is 5.11 Å². The van der Waals surface area contributed by atoms with Crippen LogP contribution in [0.1, 0.15) is 45.1 Å². The van der Waals surface area contributed by atoms with Gasteiger partial charge in [-0.05, 0) is 74.1 Å². The summed E-state index contributed by atoms with van der Waals surface area (Å²) in [6.45, 7) is 4.20.